The predicted octanol–water partition coefficient (Wildman–Crippen LogP) is 1.90. The first-order valence-corrected chi connectivity index (χ1v) is 5.64. The van der Waals surface area contributed by atoms with Crippen LogP contribution in [0.1, 0.15) is 30.9 Å². The van der Waals surface area contributed by atoms with Gasteiger partial charge in [0.1, 0.15) is 5.82 Å². The highest BCUT2D eigenvalue weighted by molar-refractivity contribution is 5.21. The first-order chi connectivity index (χ1) is 7.81. The van der Waals surface area contributed by atoms with E-state index in [9.17, 15) is 4.39 Å². The van der Waals surface area contributed by atoms with Crippen LogP contribution in [0.4, 0.5) is 4.39 Å². The lowest BCUT2D eigenvalue weighted by atomic mass is 9.96. The molecule has 0 bridgehead atoms. The van der Waals surface area contributed by atoms with Crippen molar-refractivity contribution in [2.75, 3.05) is 6.61 Å². The van der Waals surface area contributed by atoms with Crippen LogP contribution in [0.2, 0.25) is 0 Å². The van der Waals surface area contributed by atoms with Gasteiger partial charge in [0.2, 0.25) is 0 Å². The van der Waals surface area contributed by atoms with E-state index >= 15 is 0 Å². The summed E-state index contributed by atoms with van der Waals surface area (Å²) in [6.45, 7) is 0.762. The number of benzene rings is 1. The van der Waals surface area contributed by atoms with Gasteiger partial charge in [0.05, 0.1) is 12.1 Å². The first-order valence-electron chi connectivity index (χ1n) is 5.64. The van der Waals surface area contributed by atoms with Gasteiger partial charge in [0.15, 0.2) is 0 Å². The molecule has 1 aliphatic rings. The minimum Gasteiger partial charge on any atom is -0.376 e. The highest BCUT2D eigenvalue weighted by atomic mass is 19.1. The summed E-state index contributed by atoms with van der Waals surface area (Å²) in [5.74, 6) is 5.29. The molecule has 2 atom stereocenters. The van der Waals surface area contributed by atoms with E-state index in [1.165, 1.54) is 12.1 Å². The first kappa shape index (κ1) is 11.5. The maximum Gasteiger partial charge on any atom is 0.123 e. The molecule has 3 nitrogen and oxygen atoms in total. The number of rotatable bonds is 3. The van der Waals surface area contributed by atoms with Gasteiger partial charge in [-0.1, -0.05) is 12.1 Å². The maximum atomic E-state index is 13.1. The van der Waals surface area contributed by atoms with Crippen LogP contribution in [0, 0.1) is 5.82 Å². The van der Waals surface area contributed by atoms with Gasteiger partial charge in [0.25, 0.3) is 0 Å². The molecular formula is C12H17FN2O. The Labute approximate surface area is 94.8 Å². The molecule has 1 aliphatic heterocycles. The molecule has 0 spiro atoms. The topological polar surface area (TPSA) is 47.3 Å². The monoisotopic (exact) mass is 224 g/mol. The van der Waals surface area contributed by atoms with E-state index < -0.39 is 0 Å². The highest BCUT2D eigenvalue weighted by Crippen LogP contribution is 2.26. The third-order valence-electron chi connectivity index (χ3n) is 2.97. The molecular weight excluding hydrogens is 207 g/mol. The number of hydrogen-bond acceptors (Lipinski definition) is 3. The van der Waals surface area contributed by atoms with Gasteiger partial charge in [-0.25, -0.2) is 4.39 Å². The zero-order valence-corrected chi connectivity index (χ0v) is 9.16. The average Bonchev–Trinajstić information content (AvgIpc) is 2.31. The van der Waals surface area contributed by atoms with Gasteiger partial charge in [0, 0.05) is 6.61 Å². The van der Waals surface area contributed by atoms with Crippen LogP contribution >= 0.6 is 0 Å². The predicted molar refractivity (Wildman–Crippen MR) is 60.1 cm³/mol. The molecule has 88 valence electrons. The molecule has 0 amide bonds. The van der Waals surface area contributed by atoms with Crippen LogP contribution in [0.5, 0.6) is 0 Å². The average molecular weight is 224 g/mol. The molecule has 2 rings (SSSR count). The molecule has 0 radical (unpaired) electrons. The highest BCUT2D eigenvalue weighted by Gasteiger charge is 2.25. The zero-order valence-electron chi connectivity index (χ0n) is 9.16. The van der Waals surface area contributed by atoms with Crippen LogP contribution in [-0.4, -0.2) is 12.7 Å². The smallest absolute Gasteiger partial charge is 0.123 e. The molecule has 16 heavy (non-hydrogen) atoms. The molecule has 0 saturated carbocycles. The molecule has 2 unspecified atom stereocenters. The number of hydrogen-bond donors (Lipinski definition) is 2. The van der Waals surface area contributed by atoms with Crippen LogP contribution in [0.25, 0.3) is 0 Å². The summed E-state index contributed by atoms with van der Waals surface area (Å²) in [6.07, 6.45) is 3.24. The van der Waals surface area contributed by atoms with Crippen molar-refractivity contribution in [3.63, 3.8) is 0 Å². The van der Waals surface area contributed by atoms with E-state index in [1.54, 1.807) is 6.07 Å². The minimum atomic E-state index is -0.242. The van der Waals surface area contributed by atoms with Crippen LogP contribution in [-0.2, 0) is 4.74 Å². The quantitative estimate of drug-likeness (QED) is 0.609. The Balaban J connectivity index is 2.14. The molecule has 4 heteroatoms. The summed E-state index contributed by atoms with van der Waals surface area (Å²) in [5, 5.41) is 0. The number of halogens is 1. The SMILES string of the molecule is NNC(c1cccc(F)c1)C1CCCCO1. The van der Waals surface area contributed by atoms with Crippen LogP contribution in [0.15, 0.2) is 24.3 Å². The Morgan fingerprint density at radius 3 is 2.94 bits per heavy atom. The summed E-state index contributed by atoms with van der Waals surface area (Å²) in [6, 6.07) is 6.36. The summed E-state index contributed by atoms with van der Waals surface area (Å²) in [5.41, 5.74) is 3.57. The fourth-order valence-corrected chi connectivity index (χ4v) is 2.15. The second-order valence-corrected chi connectivity index (χ2v) is 4.10. The lowest BCUT2D eigenvalue weighted by molar-refractivity contribution is -0.00826. The van der Waals surface area contributed by atoms with Gasteiger partial charge < -0.3 is 4.74 Å². The van der Waals surface area contributed by atoms with E-state index in [0.29, 0.717) is 0 Å². The molecule has 1 heterocycles. The molecule has 1 saturated heterocycles. The Morgan fingerprint density at radius 2 is 2.31 bits per heavy atom. The normalized spacial score (nSPS) is 23.0. The summed E-state index contributed by atoms with van der Waals surface area (Å²) >= 11 is 0. The Bertz CT molecular complexity index is 340. The molecule has 0 aromatic heterocycles. The number of hydrazine groups is 1. The second-order valence-electron chi connectivity index (χ2n) is 4.10. The van der Waals surface area contributed by atoms with Crippen molar-refractivity contribution in [2.45, 2.75) is 31.4 Å². The van der Waals surface area contributed by atoms with E-state index in [1.807, 2.05) is 6.07 Å². The third kappa shape index (κ3) is 2.58. The number of ether oxygens (including phenoxy) is 1. The van der Waals surface area contributed by atoms with E-state index in [2.05, 4.69) is 5.43 Å². The standard InChI is InChI=1S/C12H17FN2O/c13-10-5-3-4-9(8-10)12(15-14)11-6-1-2-7-16-11/h3-5,8,11-12,15H,1-2,6-7,14H2. The number of nitrogens with one attached hydrogen (secondary N) is 1. The second kappa shape index (κ2) is 5.39. The van der Waals surface area contributed by atoms with Gasteiger partial charge in [-0.05, 0) is 37.0 Å². The van der Waals surface area contributed by atoms with Crippen molar-refractivity contribution in [3.8, 4) is 0 Å². The van der Waals surface area contributed by atoms with Gasteiger partial charge in [-0.3, -0.25) is 11.3 Å². The zero-order chi connectivity index (χ0) is 11.4. The van der Waals surface area contributed by atoms with Crippen molar-refractivity contribution in [1.29, 1.82) is 0 Å². The number of nitrogens with two attached hydrogens (primary N) is 1. The summed E-state index contributed by atoms with van der Waals surface area (Å²) in [4.78, 5) is 0. The Morgan fingerprint density at radius 1 is 1.44 bits per heavy atom. The molecule has 3 N–H and O–H groups in total. The van der Waals surface area contributed by atoms with Gasteiger partial charge in [-0.15, -0.1) is 0 Å². The van der Waals surface area contributed by atoms with Crippen molar-refractivity contribution in [3.05, 3.63) is 35.6 Å². The maximum absolute atomic E-state index is 13.1. The minimum absolute atomic E-state index is 0.0422. The van der Waals surface area contributed by atoms with Crippen molar-refractivity contribution in [1.82, 2.24) is 5.43 Å². The fraction of sp³-hybridized carbons (Fsp3) is 0.500. The lowest BCUT2D eigenvalue weighted by Crippen LogP contribution is -2.39. The lowest BCUT2D eigenvalue weighted by Gasteiger charge is -2.30. The third-order valence-corrected chi connectivity index (χ3v) is 2.97. The molecule has 1 aromatic carbocycles. The summed E-state index contributed by atoms with van der Waals surface area (Å²) in [7, 11) is 0. The van der Waals surface area contributed by atoms with E-state index in [4.69, 9.17) is 10.6 Å². The molecule has 1 fully saturated rings. The van der Waals surface area contributed by atoms with E-state index in [-0.39, 0.29) is 18.0 Å². The van der Waals surface area contributed by atoms with Crippen LogP contribution < -0.4 is 11.3 Å². The van der Waals surface area contributed by atoms with Gasteiger partial charge >= 0.3 is 0 Å². The van der Waals surface area contributed by atoms with Crippen molar-refractivity contribution < 1.29 is 9.13 Å². The molecule has 0 aliphatic carbocycles. The van der Waals surface area contributed by atoms with Crippen LogP contribution in [0.3, 0.4) is 0 Å². The van der Waals surface area contributed by atoms with Crippen molar-refractivity contribution >= 4 is 0 Å². The van der Waals surface area contributed by atoms with Gasteiger partial charge in [-0.2, -0.15) is 0 Å². The Hall–Kier alpha value is -0.970. The largest absolute Gasteiger partial charge is 0.376 e. The fourth-order valence-electron chi connectivity index (χ4n) is 2.15. The summed E-state index contributed by atoms with van der Waals surface area (Å²) < 4.78 is 18.8. The van der Waals surface area contributed by atoms with E-state index in [0.717, 1.165) is 31.4 Å². The van der Waals surface area contributed by atoms with Crippen molar-refractivity contribution in [2.24, 2.45) is 5.84 Å². The Kier molecular flexibility index (Phi) is 3.88. The molecule has 1 aromatic rings.